The van der Waals surface area contributed by atoms with E-state index in [2.05, 4.69) is 21.5 Å². The summed E-state index contributed by atoms with van der Waals surface area (Å²) in [7, 11) is 0. The van der Waals surface area contributed by atoms with E-state index < -0.39 is 17.6 Å². The van der Waals surface area contributed by atoms with Crippen molar-refractivity contribution >= 4 is 5.91 Å². The van der Waals surface area contributed by atoms with Gasteiger partial charge in [-0.2, -0.15) is 10.2 Å². The van der Waals surface area contributed by atoms with E-state index in [0.29, 0.717) is 32.1 Å². The quantitative estimate of drug-likeness (QED) is 0.748. The average Bonchev–Trinajstić information content (AvgIpc) is 3.13. The largest absolute Gasteiger partial charge is 0.353 e. The molecule has 0 aromatic rings. The average molecular weight is 283 g/mol. The van der Waals surface area contributed by atoms with Gasteiger partial charge in [-0.05, 0) is 12.8 Å². The van der Waals surface area contributed by atoms with Crippen LogP contribution in [0.25, 0.3) is 0 Å². The number of nitrogens with zero attached hydrogens (tertiary/aromatic N) is 2. The molecule has 1 heterocycles. The number of nitrogens with one attached hydrogen (secondary N) is 1. The van der Waals surface area contributed by atoms with E-state index >= 15 is 0 Å². The zero-order chi connectivity index (χ0) is 14.6. The number of carbonyl (C=O) groups is 1. The van der Waals surface area contributed by atoms with Crippen LogP contribution < -0.4 is 5.32 Å². The molecule has 4 nitrogen and oxygen atoms in total. The molecule has 0 aromatic heterocycles. The van der Waals surface area contributed by atoms with Crippen LogP contribution in [0.15, 0.2) is 10.2 Å². The van der Waals surface area contributed by atoms with Gasteiger partial charge in [0.05, 0.1) is 0 Å². The summed E-state index contributed by atoms with van der Waals surface area (Å²) in [6.45, 7) is 0. The highest BCUT2D eigenvalue weighted by Gasteiger charge is 2.40. The fraction of sp³-hybridized carbons (Fsp3) is 0.786. The van der Waals surface area contributed by atoms with Gasteiger partial charge in [0.15, 0.2) is 5.66 Å². The van der Waals surface area contributed by atoms with Gasteiger partial charge in [-0.1, -0.05) is 0 Å². The number of rotatable bonds is 6. The zero-order valence-corrected chi connectivity index (χ0v) is 11.4. The van der Waals surface area contributed by atoms with Gasteiger partial charge < -0.3 is 5.32 Å². The monoisotopic (exact) mass is 283 g/mol. The number of hydrogen-bond acceptors (Lipinski definition) is 3. The molecule has 1 fully saturated rings. The predicted molar refractivity (Wildman–Crippen MR) is 70.2 cm³/mol. The number of terminal acetylenes is 1. The Balaban J connectivity index is 1.69. The summed E-state index contributed by atoms with van der Waals surface area (Å²) in [5.41, 5.74) is -0.486. The molecule has 6 heteroatoms. The predicted octanol–water partition coefficient (Wildman–Crippen LogP) is 3.04. The van der Waals surface area contributed by atoms with E-state index in [0.717, 1.165) is 0 Å². The summed E-state index contributed by atoms with van der Waals surface area (Å²) < 4.78 is 26.5. The Morgan fingerprint density at radius 3 is 2.75 bits per heavy atom. The molecule has 0 radical (unpaired) electrons. The molecule has 110 valence electrons. The van der Waals surface area contributed by atoms with E-state index in [9.17, 15) is 13.6 Å². The van der Waals surface area contributed by atoms with Crippen molar-refractivity contribution in [3.8, 4) is 12.3 Å². The van der Waals surface area contributed by atoms with Crippen LogP contribution >= 0.6 is 0 Å². The number of amides is 1. The second kappa shape index (κ2) is 5.86. The molecule has 1 amide bonds. The van der Waals surface area contributed by atoms with Crippen LogP contribution in [0.3, 0.4) is 0 Å². The Labute approximate surface area is 117 Å². The van der Waals surface area contributed by atoms with Gasteiger partial charge in [0.2, 0.25) is 11.8 Å². The van der Waals surface area contributed by atoms with Crippen molar-refractivity contribution in [2.45, 2.75) is 69.0 Å². The van der Waals surface area contributed by atoms with Gasteiger partial charge in [0.1, 0.15) is 0 Å². The van der Waals surface area contributed by atoms with E-state index in [1.165, 1.54) is 0 Å². The minimum atomic E-state index is -2.65. The lowest BCUT2D eigenvalue weighted by molar-refractivity contribution is -0.123. The molecule has 1 N–H and O–H groups in total. The number of carbonyl (C=O) groups excluding carboxylic acids is 1. The molecule has 2 rings (SSSR count). The van der Waals surface area contributed by atoms with Crippen molar-refractivity contribution < 1.29 is 13.6 Å². The lowest BCUT2D eigenvalue weighted by Gasteiger charge is -2.29. The van der Waals surface area contributed by atoms with Crippen LogP contribution in [0.5, 0.6) is 0 Å². The maximum absolute atomic E-state index is 13.2. The Morgan fingerprint density at radius 1 is 1.40 bits per heavy atom. The molecule has 0 saturated heterocycles. The van der Waals surface area contributed by atoms with Crippen molar-refractivity contribution in [2.24, 2.45) is 10.2 Å². The van der Waals surface area contributed by atoms with Crippen molar-refractivity contribution in [3.05, 3.63) is 0 Å². The standard InChI is InChI=1S/C14H19F2N3O/c1-2-3-8-14(18-19-14)9-6-12(20)17-11-5-4-7-13(15,16)10-11/h1,11H,3-10H2,(H,17,20). The molecule has 1 atom stereocenters. The molecule has 1 aliphatic heterocycles. The van der Waals surface area contributed by atoms with E-state index in [-0.39, 0.29) is 25.2 Å². The van der Waals surface area contributed by atoms with Gasteiger partial charge in [-0.15, -0.1) is 12.3 Å². The Hall–Kier alpha value is -1.51. The lowest BCUT2D eigenvalue weighted by Crippen LogP contribution is -2.42. The number of alkyl halides is 2. The first kappa shape index (κ1) is 14.9. The van der Waals surface area contributed by atoms with Crippen molar-refractivity contribution in [3.63, 3.8) is 0 Å². The summed E-state index contributed by atoms with van der Waals surface area (Å²) in [6.07, 6.45) is 7.91. The van der Waals surface area contributed by atoms with Crippen LogP contribution in [0.1, 0.15) is 51.4 Å². The van der Waals surface area contributed by atoms with Crippen LogP contribution in [0, 0.1) is 12.3 Å². The highest BCUT2D eigenvalue weighted by atomic mass is 19.3. The normalized spacial score (nSPS) is 25.8. The molecule has 1 aliphatic carbocycles. The lowest BCUT2D eigenvalue weighted by atomic mass is 9.92. The molecule has 0 aromatic carbocycles. The van der Waals surface area contributed by atoms with Crippen LogP contribution in [-0.4, -0.2) is 23.5 Å². The Kier molecular flexibility index (Phi) is 4.36. The highest BCUT2D eigenvalue weighted by Crippen LogP contribution is 2.37. The highest BCUT2D eigenvalue weighted by molar-refractivity contribution is 5.76. The van der Waals surface area contributed by atoms with Crippen molar-refractivity contribution in [1.82, 2.24) is 5.32 Å². The smallest absolute Gasteiger partial charge is 0.250 e. The topological polar surface area (TPSA) is 53.8 Å². The first-order chi connectivity index (χ1) is 9.45. The molecule has 1 unspecified atom stereocenters. The summed E-state index contributed by atoms with van der Waals surface area (Å²) in [5.74, 6) is -0.329. The Morgan fingerprint density at radius 2 is 2.15 bits per heavy atom. The maximum Gasteiger partial charge on any atom is 0.250 e. The molecule has 20 heavy (non-hydrogen) atoms. The second-order valence-electron chi connectivity index (χ2n) is 5.60. The van der Waals surface area contributed by atoms with Gasteiger partial charge in [0, 0.05) is 44.6 Å². The minimum absolute atomic E-state index is 0.0771. The van der Waals surface area contributed by atoms with E-state index in [1.54, 1.807) is 0 Å². The first-order valence-electron chi connectivity index (χ1n) is 6.99. The third-order valence-electron chi connectivity index (χ3n) is 3.81. The molecule has 0 spiro atoms. The molecular weight excluding hydrogens is 264 g/mol. The number of hydrogen-bond donors (Lipinski definition) is 1. The minimum Gasteiger partial charge on any atom is -0.353 e. The SMILES string of the molecule is C#CCCC1(CCC(=O)NC2CCCC(F)(F)C2)N=N1. The van der Waals surface area contributed by atoms with E-state index in [1.807, 2.05) is 0 Å². The maximum atomic E-state index is 13.2. The fourth-order valence-electron chi connectivity index (χ4n) is 2.58. The van der Waals surface area contributed by atoms with Crippen LogP contribution in [0.4, 0.5) is 8.78 Å². The van der Waals surface area contributed by atoms with Gasteiger partial charge >= 0.3 is 0 Å². The third kappa shape index (κ3) is 4.26. The molecule has 1 saturated carbocycles. The summed E-state index contributed by atoms with van der Waals surface area (Å²) in [4.78, 5) is 11.8. The van der Waals surface area contributed by atoms with E-state index in [4.69, 9.17) is 6.42 Å². The van der Waals surface area contributed by atoms with Crippen LogP contribution in [-0.2, 0) is 4.79 Å². The molecule has 2 aliphatic rings. The fourth-order valence-corrected chi connectivity index (χ4v) is 2.58. The Bertz CT molecular complexity index is 436. The summed E-state index contributed by atoms with van der Waals surface area (Å²) in [5, 5.41) is 10.6. The second-order valence-corrected chi connectivity index (χ2v) is 5.60. The molecule has 0 bridgehead atoms. The van der Waals surface area contributed by atoms with Gasteiger partial charge in [-0.3, -0.25) is 4.79 Å². The summed E-state index contributed by atoms with van der Waals surface area (Å²) >= 11 is 0. The van der Waals surface area contributed by atoms with Crippen molar-refractivity contribution in [1.29, 1.82) is 0 Å². The molecular formula is C14H19F2N3O. The summed E-state index contributed by atoms with van der Waals surface area (Å²) in [6, 6.07) is -0.416. The van der Waals surface area contributed by atoms with Crippen LogP contribution in [0.2, 0.25) is 0 Å². The van der Waals surface area contributed by atoms with Gasteiger partial charge in [0.25, 0.3) is 0 Å². The van der Waals surface area contributed by atoms with Crippen molar-refractivity contribution in [2.75, 3.05) is 0 Å². The third-order valence-corrected chi connectivity index (χ3v) is 3.81. The zero-order valence-electron chi connectivity index (χ0n) is 11.4. The first-order valence-corrected chi connectivity index (χ1v) is 6.99. The number of halogens is 2. The van der Waals surface area contributed by atoms with Gasteiger partial charge in [-0.25, -0.2) is 8.78 Å².